The summed E-state index contributed by atoms with van der Waals surface area (Å²) in [6.07, 6.45) is -2.08. The second kappa shape index (κ2) is 6.86. The number of alkyl halides is 1. The molecule has 0 aliphatic carbocycles. The molecule has 5 nitrogen and oxygen atoms in total. The van der Waals surface area contributed by atoms with Crippen LogP contribution in [-0.2, 0) is 4.74 Å². The molecule has 6 heteroatoms. The highest BCUT2D eigenvalue weighted by Gasteiger charge is 2.34. The number of rotatable bonds is 2. The molecule has 1 aromatic carbocycles. The normalized spacial score (nSPS) is 21.4. The molecule has 0 radical (unpaired) electrons. The minimum absolute atomic E-state index is 0.0580. The van der Waals surface area contributed by atoms with Gasteiger partial charge in [0.05, 0.1) is 18.2 Å². The number of nitriles is 1. The van der Waals surface area contributed by atoms with Crippen molar-refractivity contribution in [1.82, 2.24) is 4.90 Å². The van der Waals surface area contributed by atoms with Gasteiger partial charge in [-0.15, -0.1) is 0 Å². The third-order valence-corrected chi connectivity index (χ3v) is 3.38. The van der Waals surface area contributed by atoms with Gasteiger partial charge in [0, 0.05) is 13.0 Å². The van der Waals surface area contributed by atoms with E-state index < -0.39 is 24.0 Å². The van der Waals surface area contributed by atoms with E-state index in [1.807, 2.05) is 6.07 Å². The summed E-state index contributed by atoms with van der Waals surface area (Å²) in [7, 11) is 0. The molecule has 2 atom stereocenters. The van der Waals surface area contributed by atoms with Crippen molar-refractivity contribution in [2.45, 2.75) is 45.1 Å². The summed E-state index contributed by atoms with van der Waals surface area (Å²) in [6, 6.07) is 8.63. The van der Waals surface area contributed by atoms with E-state index in [0.29, 0.717) is 24.3 Å². The molecule has 1 amide bonds. The Kier molecular flexibility index (Phi) is 5.09. The van der Waals surface area contributed by atoms with Gasteiger partial charge < -0.3 is 14.4 Å². The highest BCUT2D eigenvalue weighted by atomic mass is 19.1. The number of benzene rings is 1. The summed E-state index contributed by atoms with van der Waals surface area (Å²) in [5.74, 6) is 0.461. The van der Waals surface area contributed by atoms with Crippen LogP contribution < -0.4 is 4.74 Å². The predicted octanol–water partition coefficient (Wildman–Crippen LogP) is 3.28. The molecular weight excluding hydrogens is 299 g/mol. The molecule has 1 aliphatic rings. The summed E-state index contributed by atoms with van der Waals surface area (Å²) >= 11 is 0. The fraction of sp³-hybridized carbons (Fsp3) is 0.529. The standard InChI is InChI=1S/C17H21FN2O3/c1-17(2,3)23-16(21)20-8-7-15(14(18)11-20)22-13-6-4-5-12(9-13)10-19/h4-6,9,14-15H,7-8,11H2,1-3H3. The number of hydrogen-bond acceptors (Lipinski definition) is 4. The number of carbonyl (C=O) groups excluding carboxylic acids is 1. The molecule has 0 aromatic heterocycles. The van der Waals surface area contributed by atoms with E-state index >= 15 is 0 Å². The maximum absolute atomic E-state index is 14.3. The average Bonchev–Trinajstić information content (AvgIpc) is 2.47. The second-order valence-corrected chi connectivity index (χ2v) is 6.53. The lowest BCUT2D eigenvalue weighted by molar-refractivity contribution is -0.0105. The van der Waals surface area contributed by atoms with Gasteiger partial charge in [0.2, 0.25) is 0 Å². The number of nitrogens with zero attached hydrogens (tertiary/aromatic N) is 2. The van der Waals surface area contributed by atoms with Crippen LogP contribution in [0, 0.1) is 11.3 Å². The molecular formula is C17H21FN2O3. The van der Waals surface area contributed by atoms with E-state index in [4.69, 9.17) is 14.7 Å². The SMILES string of the molecule is CC(C)(C)OC(=O)N1CCC(Oc2cccc(C#N)c2)C(F)C1. The van der Waals surface area contributed by atoms with Gasteiger partial charge in [0.15, 0.2) is 6.17 Å². The van der Waals surface area contributed by atoms with E-state index in [2.05, 4.69) is 0 Å². The lowest BCUT2D eigenvalue weighted by Crippen LogP contribution is -2.50. The summed E-state index contributed by atoms with van der Waals surface area (Å²) in [5, 5.41) is 8.87. The molecule has 0 spiro atoms. The molecule has 0 saturated carbocycles. The Hall–Kier alpha value is -2.29. The zero-order valence-corrected chi connectivity index (χ0v) is 13.6. The van der Waals surface area contributed by atoms with Gasteiger partial charge in [0.25, 0.3) is 0 Å². The van der Waals surface area contributed by atoms with E-state index in [1.165, 1.54) is 4.90 Å². The van der Waals surface area contributed by atoms with E-state index in [-0.39, 0.29) is 6.54 Å². The Balaban J connectivity index is 1.94. The first kappa shape index (κ1) is 17.1. The number of likely N-dealkylation sites (tertiary alicyclic amines) is 1. The third kappa shape index (κ3) is 4.85. The van der Waals surface area contributed by atoms with E-state index in [1.54, 1.807) is 45.0 Å². The zero-order chi connectivity index (χ0) is 17.0. The Morgan fingerprint density at radius 2 is 2.17 bits per heavy atom. The van der Waals surface area contributed by atoms with Crippen molar-refractivity contribution in [3.05, 3.63) is 29.8 Å². The first-order valence-electron chi connectivity index (χ1n) is 7.57. The van der Waals surface area contributed by atoms with Crippen LogP contribution in [0.5, 0.6) is 5.75 Å². The summed E-state index contributed by atoms with van der Waals surface area (Å²) in [5.41, 5.74) is -0.141. The smallest absolute Gasteiger partial charge is 0.410 e. The number of carbonyl (C=O) groups is 1. The minimum atomic E-state index is -1.30. The maximum Gasteiger partial charge on any atom is 0.410 e. The molecule has 0 N–H and O–H groups in total. The number of halogens is 1. The van der Waals surface area contributed by atoms with Crippen molar-refractivity contribution in [3.8, 4) is 11.8 Å². The fourth-order valence-electron chi connectivity index (χ4n) is 2.32. The largest absolute Gasteiger partial charge is 0.487 e. The van der Waals surface area contributed by atoms with Crippen LogP contribution in [0.15, 0.2) is 24.3 Å². The first-order valence-corrected chi connectivity index (χ1v) is 7.57. The molecule has 1 heterocycles. The zero-order valence-electron chi connectivity index (χ0n) is 13.6. The topological polar surface area (TPSA) is 62.6 Å². The van der Waals surface area contributed by atoms with Crippen LogP contribution in [0.25, 0.3) is 0 Å². The Morgan fingerprint density at radius 1 is 1.43 bits per heavy atom. The Labute approximate surface area is 135 Å². The highest BCUT2D eigenvalue weighted by Crippen LogP contribution is 2.23. The van der Waals surface area contributed by atoms with Crippen molar-refractivity contribution in [2.24, 2.45) is 0 Å². The molecule has 124 valence electrons. The van der Waals surface area contributed by atoms with Crippen LogP contribution in [0.4, 0.5) is 9.18 Å². The van der Waals surface area contributed by atoms with Crippen molar-refractivity contribution in [2.75, 3.05) is 13.1 Å². The number of piperidine rings is 1. The van der Waals surface area contributed by atoms with Crippen LogP contribution in [-0.4, -0.2) is 42.0 Å². The van der Waals surface area contributed by atoms with Crippen molar-refractivity contribution in [1.29, 1.82) is 5.26 Å². The van der Waals surface area contributed by atoms with Gasteiger partial charge in [-0.25, -0.2) is 9.18 Å². The van der Waals surface area contributed by atoms with Crippen LogP contribution in [0.2, 0.25) is 0 Å². The Morgan fingerprint density at radius 3 is 2.78 bits per heavy atom. The minimum Gasteiger partial charge on any atom is -0.487 e. The molecule has 1 aromatic rings. The molecule has 2 unspecified atom stereocenters. The lowest BCUT2D eigenvalue weighted by atomic mass is 10.1. The molecule has 2 rings (SSSR count). The van der Waals surface area contributed by atoms with Crippen LogP contribution in [0.1, 0.15) is 32.8 Å². The monoisotopic (exact) mass is 320 g/mol. The molecule has 23 heavy (non-hydrogen) atoms. The van der Waals surface area contributed by atoms with Crippen molar-refractivity contribution < 1.29 is 18.7 Å². The molecule has 1 saturated heterocycles. The third-order valence-electron chi connectivity index (χ3n) is 3.38. The second-order valence-electron chi connectivity index (χ2n) is 6.53. The average molecular weight is 320 g/mol. The van der Waals surface area contributed by atoms with Gasteiger partial charge in [-0.05, 0) is 39.0 Å². The number of ether oxygens (including phenoxy) is 2. The maximum atomic E-state index is 14.3. The Bertz CT molecular complexity index is 607. The van der Waals surface area contributed by atoms with Crippen LogP contribution in [0.3, 0.4) is 0 Å². The van der Waals surface area contributed by atoms with Crippen molar-refractivity contribution in [3.63, 3.8) is 0 Å². The summed E-state index contributed by atoms with van der Waals surface area (Å²) in [4.78, 5) is 13.3. The molecule has 1 fully saturated rings. The van der Waals surface area contributed by atoms with E-state index in [9.17, 15) is 9.18 Å². The van der Waals surface area contributed by atoms with Gasteiger partial charge in [-0.2, -0.15) is 5.26 Å². The fourth-order valence-corrected chi connectivity index (χ4v) is 2.32. The van der Waals surface area contributed by atoms with E-state index in [0.717, 1.165) is 0 Å². The summed E-state index contributed by atoms with van der Waals surface area (Å²) in [6.45, 7) is 5.64. The van der Waals surface area contributed by atoms with Gasteiger partial charge in [-0.3, -0.25) is 0 Å². The van der Waals surface area contributed by atoms with Gasteiger partial charge in [-0.1, -0.05) is 6.07 Å². The number of hydrogen-bond donors (Lipinski definition) is 0. The van der Waals surface area contributed by atoms with Crippen LogP contribution >= 0.6 is 0 Å². The van der Waals surface area contributed by atoms with Gasteiger partial charge >= 0.3 is 6.09 Å². The summed E-state index contributed by atoms with van der Waals surface area (Å²) < 4.78 is 25.2. The molecule has 1 aliphatic heterocycles. The lowest BCUT2D eigenvalue weighted by Gasteiger charge is -2.35. The predicted molar refractivity (Wildman–Crippen MR) is 82.9 cm³/mol. The number of amides is 1. The molecule has 0 bridgehead atoms. The van der Waals surface area contributed by atoms with Crippen molar-refractivity contribution >= 4 is 6.09 Å². The first-order chi connectivity index (χ1) is 10.8. The highest BCUT2D eigenvalue weighted by molar-refractivity contribution is 5.68. The van der Waals surface area contributed by atoms with Gasteiger partial charge in [0.1, 0.15) is 17.5 Å². The quantitative estimate of drug-likeness (QED) is 0.839.